The monoisotopic (exact) mass is 509 g/mol. The van der Waals surface area contributed by atoms with Gasteiger partial charge in [-0.15, -0.1) is 0 Å². The highest BCUT2D eigenvalue weighted by atomic mass is 127. The third kappa shape index (κ3) is 4.71. The molecule has 0 aliphatic carbocycles. The molecule has 1 atom stereocenters. The van der Waals surface area contributed by atoms with Gasteiger partial charge in [0.05, 0.1) is 14.5 Å². The number of hydrogen-bond donors (Lipinski definition) is 2. The second-order valence-electron chi connectivity index (χ2n) is 6.56. The number of carbonyl (C=O) groups excluding carboxylic acids is 1. The van der Waals surface area contributed by atoms with E-state index in [-0.39, 0.29) is 6.04 Å². The van der Waals surface area contributed by atoms with Gasteiger partial charge in [-0.3, -0.25) is 4.68 Å². The SMILES string of the molecule is CC(CCn1nc(Br)c2c(N)ncc(I)c21)NC(=O)OC(C)(C)C. The number of nitrogen functional groups attached to an aromatic ring is 1. The average Bonchev–Trinajstić information content (AvgIpc) is 2.76. The van der Waals surface area contributed by atoms with E-state index in [0.29, 0.717) is 23.4 Å². The fourth-order valence-electron chi connectivity index (χ4n) is 2.21. The Morgan fingerprint density at radius 2 is 2.21 bits per heavy atom. The van der Waals surface area contributed by atoms with Gasteiger partial charge in [-0.2, -0.15) is 5.10 Å². The number of fused-ring (bicyclic) bond motifs is 1. The van der Waals surface area contributed by atoms with E-state index in [0.717, 1.165) is 14.5 Å². The second kappa shape index (κ2) is 7.42. The normalized spacial score (nSPS) is 13.1. The van der Waals surface area contributed by atoms with Crippen LogP contribution in [0.3, 0.4) is 0 Å². The first-order chi connectivity index (χ1) is 11.1. The lowest BCUT2D eigenvalue weighted by atomic mass is 10.2. The van der Waals surface area contributed by atoms with Gasteiger partial charge in [0.2, 0.25) is 0 Å². The third-order valence-electron chi connectivity index (χ3n) is 3.25. The number of anilines is 1. The topological polar surface area (TPSA) is 95.1 Å². The van der Waals surface area contributed by atoms with E-state index in [1.54, 1.807) is 6.20 Å². The number of nitrogens with one attached hydrogen (secondary N) is 1. The van der Waals surface area contributed by atoms with E-state index < -0.39 is 11.7 Å². The minimum atomic E-state index is -0.506. The Hall–Kier alpha value is -1.10. The van der Waals surface area contributed by atoms with E-state index in [2.05, 4.69) is 53.9 Å². The van der Waals surface area contributed by atoms with Crippen molar-refractivity contribution in [1.82, 2.24) is 20.1 Å². The molecule has 0 saturated heterocycles. The number of amides is 1. The molecule has 3 N–H and O–H groups in total. The van der Waals surface area contributed by atoms with Crippen molar-refractivity contribution in [3.8, 4) is 0 Å². The number of nitrogens with two attached hydrogens (primary N) is 1. The van der Waals surface area contributed by atoms with Crippen molar-refractivity contribution in [1.29, 1.82) is 0 Å². The van der Waals surface area contributed by atoms with Crippen molar-refractivity contribution >= 4 is 61.3 Å². The number of aromatic nitrogens is 3. The number of rotatable bonds is 4. The average molecular weight is 510 g/mol. The molecule has 2 aromatic rings. The van der Waals surface area contributed by atoms with E-state index in [4.69, 9.17) is 10.5 Å². The van der Waals surface area contributed by atoms with Gasteiger partial charge >= 0.3 is 6.09 Å². The molecule has 24 heavy (non-hydrogen) atoms. The van der Waals surface area contributed by atoms with Crippen molar-refractivity contribution in [3.05, 3.63) is 14.4 Å². The summed E-state index contributed by atoms with van der Waals surface area (Å²) in [5.74, 6) is 0.448. The van der Waals surface area contributed by atoms with Crippen LogP contribution in [0, 0.1) is 3.57 Å². The van der Waals surface area contributed by atoms with Gasteiger partial charge in [0.25, 0.3) is 0 Å². The Balaban J connectivity index is 2.06. The van der Waals surface area contributed by atoms with E-state index in [1.165, 1.54) is 0 Å². The molecule has 0 saturated carbocycles. The van der Waals surface area contributed by atoms with Gasteiger partial charge in [-0.05, 0) is 72.6 Å². The Kier molecular flexibility index (Phi) is 5.95. The molecule has 9 heteroatoms. The summed E-state index contributed by atoms with van der Waals surface area (Å²) in [6.45, 7) is 8.09. The number of aryl methyl sites for hydroxylation is 1. The van der Waals surface area contributed by atoms with Gasteiger partial charge in [0.15, 0.2) is 0 Å². The third-order valence-corrected chi connectivity index (χ3v) is 4.59. The zero-order valence-corrected chi connectivity index (χ0v) is 17.8. The molecular formula is C15H21BrIN5O2. The predicted molar refractivity (Wildman–Crippen MR) is 106 cm³/mol. The number of carbonyl (C=O) groups is 1. The molecule has 0 spiro atoms. The van der Waals surface area contributed by atoms with Crippen molar-refractivity contribution in [2.45, 2.75) is 52.3 Å². The first-order valence-electron chi connectivity index (χ1n) is 7.54. The first kappa shape index (κ1) is 19.2. The van der Waals surface area contributed by atoms with Crippen LogP contribution in [0.15, 0.2) is 10.8 Å². The van der Waals surface area contributed by atoms with E-state index in [1.807, 2.05) is 32.4 Å². The summed E-state index contributed by atoms with van der Waals surface area (Å²) < 4.78 is 8.79. The molecule has 2 heterocycles. The number of halogens is 2. The molecule has 0 aromatic carbocycles. The van der Waals surface area contributed by atoms with Crippen LogP contribution < -0.4 is 11.1 Å². The molecule has 2 aromatic heterocycles. The number of hydrogen-bond acceptors (Lipinski definition) is 5. The summed E-state index contributed by atoms with van der Waals surface area (Å²) in [6.07, 6.45) is 2.02. The molecule has 2 rings (SSSR count). The molecule has 0 bridgehead atoms. The summed E-state index contributed by atoms with van der Waals surface area (Å²) in [7, 11) is 0. The molecule has 1 amide bonds. The standard InChI is InChI=1S/C15H21BrIN5O2/c1-8(20-14(23)24-15(2,3)4)5-6-22-11-9(17)7-19-13(18)10(11)12(16)21-22/h7-8H,5-6H2,1-4H3,(H2,18,19)(H,20,23). The maximum absolute atomic E-state index is 11.8. The highest BCUT2D eigenvalue weighted by Crippen LogP contribution is 2.30. The molecule has 1 unspecified atom stereocenters. The maximum Gasteiger partial charge on any atom is 0.407 e. The molecule has 132 valence electrons. The lowest BCUT2D eigenvalue weighted by Gasteiger charge is -2.22. The predicted octanol–water partition coefficient (Wildman–Crippen LogP) is 3.68. The Morgan fingerprint density at radius 3 is 2.83 bits per heavy atom. The van der Waals surface area contributed by atoms with E-state index in [9.17, 15) is 4.79 Å². The Labute approximate surface area is 163 Å². The second-order valence-corrected chi connectivity index (χ2v) is 8.48. The summed E-state index contributed by atoms with van der Waals surface area (Å²) in [5, 5.41) is 8.14. The Bertz CT molecular complexity index is 756. The number of pyridine rings is 1. The van der Waals surface area contributed by atoms with Crippen LogP contribution in [-0.4, -0.2) is 32.5 Å². The minimum Gasteiger partial charge on any atom is -0.444 e. The molecular weight excluding hydrogens is 489 g/mol. The van der Waals surface area contributed by atoms with Crippen LogP contribution in [0.5, 0.6) is 0 Å². The summed E-state index contributed by atoms with van der Waals surface area (Å²) in [6, 6.07) is -0.0466. The van der Waals surface area contributed by atoms with Gasteiger partial charge in [0, 0.05) is 18.8 Å². The van der Waals surface area contributed by atoms with Crippen molar-refractivity contribution in [2.24, 2.45) is 0 Å². The zero-order valence-electron chi connectivity index (χ0n) is 14.1. The van der Waals surface area contributed by atoms with E-state index >= 15 is 0 Å². The maximum atomic E-state index is 11.8. The van der Waals surface area contributed by atoms with Crippen molar-refractivity contribution in [3.63, 3.8) is 0 Å². The zero-order chi connectivity index (χ0) is 18.1. The summed E-state index contributed by atoms with van der Waals surface area (Å²) in [4.78, 5) is 16.0. The van der Waals surface area contributed by atoms with Crippen LogP contribution >= 0.6 is 38.5 Å². The number of alkyl carbamates (subject to hydrolysis) is 1. The smallest absolute Gasteiger partial charge is 0.407 e. The van der Waals surface area contributed by atoms with Gasteiger partial charge in [-0.1, -0.05) is 0 Å². The van der Waals surface area contributed by atoms with Gasteiger partial charge < -0.3 is 15.8 Å². The van der Waals surface area contributed by atoms with Crippen molar-refractivity contribution < 1.29 is 9.53 Å². The highest BCUT2D eigenvalue weighted by Gasteiger charge is 2.19. The molecule has 0 radical (unpaired) electrons. The van der Waals surface area contributed by atoms with Crippen molar-refractivity contribution in [2.75, 3.05) is 5.73 Å². The largest absolute Gasteiger partial charge is 0.444 e. The quantitative estimate of drug-likeness (QED) is 0.613. The lowest BCUT2D eigenvalue weighted by molar-refractivity contribution is 0.0505. The van der Waals surface area contributed by atoms with Gasteiger partial charge in [-0.25, -0.2) is 9.78 Å². The molecule has 0 aliphatic heterocycles. The van der Waals surface area contributed by atoms with Crippen LogP contribution in [0.2, 0.25) is 0 Å². The first-order valence-corrected chi connectivity index (χ1v) is 9.41. The van der Waals surface area contributed by atoms with Crippen LogP contribution in [0.4, 0.5) is 10.6 Å². The van der Waals surface area contributed by atoms with Crippen LogP contribution in [-0.2, 0) is 11.3 Å². The van der Waals surface area contributed by atoms with Gasteiger partial charge in [0.1, 0.15) is 16.0 Å². The number of ether oxygens (including phenoxy) is 1. The van der Waals surface area contributed by atoms with Crippen LogP contribution in [0.25, 0.3) is 10.9 Å². The van der Waals surface area contributed by atoms with Crippen LogP contribution in [0.1, 0.15) is 34.1 Å². The fraction of sp³-hybridized carbons (Fsp3) is 0.533. The lowest BCUT2D eigenvalue weighted by Crippen LogP contribution is -2.38. The fourth-order valence-corrected chi connectivity index (χ4v) is 3.48. The highest BCUT2D eigenvalue weighted by molar-refractivity contribution is 14.1. The number of nitrogens with zero attached hydrogens (tertiary/aromatic N) is 3. The molecule has 7 nitrogen and oxygen atoms in total. The molecule has 0 aliphatic rings. The Morgan fingerprint density at radius 1 is 1.54 bits per heavy atom. The molecule has 0 fully saturated rings. The summed E-state index contributed by atoms with van der Waals surface area (Å²) >= 11 is 5.65. The minimum absolute atomic E-state index is 0.0466. The summed E-state index contributed by atoms with van der Waals surface area (Å²) in [5.41, 5.74) is 6.39.